The van der Waals surface area contributed by atoms with Crippen molar-refractivity contribution in [1.82, 2.24) is 0 Å². The number of hydrogen-bond acceptors (Lipinski definition) is 1. The van der Waals surface area contributed by atoms with E-state index >= 15 is 0 Å². The van der Waals surface area contributed by atoms with Crippen LogP contribution in [0.1, 0.15) is 52.4 Å². The van der Waals surface area contributed by atoms with Crippen LogP contribution in [-0.4, -0.2) is 12.2 Å². The Morgan fingerprint density at radius 2 is 2.00 bits per heavy atom. The smallest absolute Gasteiger partial charge is 0.238 e. The summed E-state index contributed by atoms with van der Waals surface area (Å²) in [5.74, 6) is 0.883. The molecule has 0 saturated heterocycles. The molecule has 110 valence electrons. The van der Waals surface area contributed by atoms with Crippen molar-refractivity contribution in [2.45, 2.75) is 58.8 Å². The third kappa shape index (κ3) is 3.24. The molecule has 0 aromatic rings. The summed E-state index contributed by atoms with van der Waals surface area (Å²) in [7, 11) is 0. The Balaban J connectivity index is 0.000000861. The summed E-state index contributed by atoms with van der Waals surface area (Å²) in [5.41, 5.74) is 0.00361. The zero-order valence-electron chi connectivity index (χ0n) is 12.1. The van der Waals surface area contributed by atoms with E-state index in [-0.39, 0.29) is 23.7 Å². The standard InChI is InChI=1S/C14H22F2O.C2H4/c1-9(8-13(15)16)10-5-6-11-12(17)4-3-7-14(10,11)2;1-2/h9-11,13H,3-8H2,1-2H3;1-2H2/t9-,10+,11-,14?;/m0./s1. The van der Waals surface area contributed by atoms with Gasteiger partial charge in [0.1, 0.15) is 5.78 Å². The fraction of sp³-hybridized carbons (Fsp3) is 0.812. The lowest BCUT2D eigenvalue weighted by Crippen LogP contribution is -2.39. The number of ketones is 1. The second kappa shape index (κ2) is 6.62. The first-order valence-corrected chi connectivity index (χ1v) is 7.26. The molecule has 0 aromatic carbocycles. The normalized spacial score (nSPS) is 35.5. The van der Waals surface area contributed by atoms with Crippen LogP contribution < -0.4 is 0 Å². The van der Waals surface area contributed by atoms with Crippen molar-refractivity contribution < 1.29 is 13.6 Å². The molecule has 2 saturated carbocycles. The van der Waals surface area contributed by atoms with E-state index in [0.717, 1.165) is 25.7 Å². The molecule has 0 aliphatic heterocycles. The summed E-state index contributed by atoms with van der Waals surface area (Å²) in [6.07, 6.45) is 2.35. The highest BCUT2D eigenvalue weighted by atomic mass is 19.3. The Hall–Kier alpha value is -0.730. The summed E-state index contributed by atoms with van der Waals surface area (Å²) in [6, 6.07) is 0. The Kier molecular flexibility index (Phi) is 5.69. The second-order valence-electron chi connectivity index (χ2n) is 6.17. The zero-order chi connectivity index (χ0) is 14.6. The monoisotopic (exact) mass is 272 g/mol. The molecule has 0 N–H and O–H groups in total. The molecule has 0 bridgehead atoms. The van der Waals surface area contributed by atoms with Crippen molar-refractivity contribution in [3.8, 4) is 0 Å². The molecule has 19 heavy (non-hydrogen) atoms. The van der Waals surface area contributed by atoms with E-state index in [2.05, 4.69) is 20.1 Å². The summed E-state index contributed by atoms with van der Waals surface area (Å²) >= 11 is 0. The number of carbonyl (C=O) groups excluding carboxylic acids is 1. The second-order valence-corrected chi connectivity index (χ2v) is 6.17. The van der Waals surface area contributed by atoms with Gasteiger partial charge in [0.2, 0.25) is 6.43 Å². The molecule has 0 radical (unpaired) electrons. The van der Waals surface area contributed by atoms with Gasteiger partial charge in [-0.05, 0) is 42.9 Å². The molecule has 4 atom stereocenters. The Bertz CT molecular complexity index is 316. The third-order valence-electron chi connectivity index (χ3n) is 5.17. The number of fused-ring (bicyclic) bond motifs is 1. The Morgan fingerprint density at radius 3 is 2.58 bits per heavy atom. The van der Waals surface area contributed by atoms with Gasteiger partial charge in [0, 0.05) is 18.8 Å². The lowest BCUT2D eigenvalue weighted by atomic mass is 9.62. The average molecular weight is 272 g/mol. The van der Waals surface area contributed by atoms with Crippen molar-refractivity contribution >= 4 is 5.78 Å². The van der Waals surface area contributed by atoms with Crippen molar-refractivity contribution in [3.05, 3.63) is 13.2 Å². The van der Waals surface area contributed by atoms with Crippen LogP contribution in [0.4, 0.5) is 8.78 Å². The lowest BCUT2D eigenvalue weighted by molar-refractivity contribution is -0.130. The highest BCUT2D eigenvalue weighted by Gasteiger charge is 2.52. The zero-order valence-corrected chi connectivity index (χ0v) is 12.1. The molecule has 1 unspecified atom stereocenters. The lowest BCUT2D eigenvalue weighted by Gasteiger charge is -2.42. The highest BCUT2D eigenvalue weighted by molar-refractivity contribution is 5.83. The number of alkyl halides is 2. The maximum Gasteiger partial charge on any atom is 0.238 e. The average Bonchev–Trinajstić information content (AvgIpc) is 2.69. The minimum Gasteiger partial charge on any atom is -0.299 e. The third-order valence-corrected chi connectivity index (χ3v) is 5.17. The quantitative estimate of drug-likeness (QED) is 0.670. The largest absolute Gasteiger partial charge is 0.299 e. The van der Waals surface area contributed by atoms with Gasteiger partial charge in [0.05, 0.1) is 0 Å². The van der Waals surface area contributed by atoms with Crippen molar-refractivity contribution in [2.75, 3.05) is 0 Å². The summed E-state index contributed by atoms with van der Waals surface area (Å²) in [5, 5.41) is 0. The molecule has 0 aromatic heterocycles. The van der Waals surface area contributed by atoms with Gasteiger partial charge in [0.15, 0.2) is 0 Å². The van der Waals surface area contributed by atoms with Crippen LogP contribution >= 0.6 is 0 Å². The first kappa shape index (κ1) is 16.3. The van der Waals surface area contributed by atoms with E-state index < -0.39 is 6.43 Å². The van der Waals surface area contributed by atoms with Crippen LogP contribution in [0.5, 0.6) is 0 Å². The number of carbonyl (C=O) groups is 1. The molecule has 2 fully saturated rings. The van der Waals surface area contributed by atoms with E-state index in [9.17, 15) is 13.6 Å². The van der Waals surface area contributed by atoms with Gasteiger partial charge in [-0.15, -0.1) is 13.2 Å². The van der Waals surface area contributed by atoms with Gasteiger partial charge in [-0.3, -0.25) is 4.79 Å². The van der Waals surface area contributed by atoms with E-state index in [1.54, 1.807) is 0 Å². The van der Waals surface area contributed by atoms with Crippen LogP contribution in [0, 0.1) is 23.2 Å². The summed E-state index contributed by atoms with van der Waals surface area (Å²) < 4.78 is 25.0. The predicted molar refractivity (Wildman–Crippen MR) is 74.2 cm³/mol. The van der Waals surface area contributed by atoms with Crippen molar-refractivity contribution in [3.63, 3.8) is 0 Å². The van der Waals surface area contributed by atoms with Crippen LogP contribution in [0.25, 0.3) is 0 Å². The van der Waals surface area contributed by atoms with Gasteiger partial charge in [-0.1, -0.05) is 13.8 Å². The van der Waals surface area contributed by atoms with E-state index in [4.69, 9.17) is 0 Å². The maximum absolute atomic E-state index is 12.5. The predicted octanol–water partition coefficient (Wildman–Crippen LogP) is 4.87. The molecular formula is C16H26F2O. The first-order chi connectivity index (χ1) is 8.95. The van der Waals surface area contributed by atoms with Crippen LogP contribution in [0.15, 0.2) is 13.2 Å². The SMILES string of the molecule is C=C.C[C@@H](CC(F)F)[C@H]1CC[C@H]2C(=O)CCCC12C. The fourth-order valence-electron chi connectivity index (χ4n) is 4.35. The minimum atomic E-state index is -2.22. The number of halogens is 2. The number of Topliss-reactive ketones (excluding diaryl/α,β-unsaturated/α-hetero) is 1. The molecule has 0 amide bonds. The van der Waals surface area contributed by atoms with Gasteiger partial charge >= 0.3 is 0 Å². The van der Waals surface area contributed by atoms with E-state index in [1.807, 2.05) is 6.92 Å². The van der Waals surface area contributed by atoms with E-state index in [1.165, 1.54) is 0 Å². The minimum absolute atomic E-state index is 0.00361. The van der Waals surface area contributed by atoms with Crippen molar-refractivity contribution in [1.29, 1.82) is 0 Å². The van der Waals surface area contributed by atoms with Gasteiger partial charge in [0.25, 0.3) is 0 Å². The summed E-state index contributed by atoms with van der Waals surface area (Å²) in [4.78, 5) is 11.9. The molecule has 2 aliphatic carbocycles. The van der Waals surface area contributed by atoms with Crippen LogP contribution in [0.2, 0.25) is 0 Å². The highest BCUT2D eigenvalue weighted by Crippen LogP contribution is 2.57. The van der Waals surface area contributed by atoms with Crippen LogP contribution in [-0.2, 0) is 4.79 Å². The molecule has 2 aliphatic rings. The molecular weight excluding hydrogens is 246 g/mol. The first-order valence-electron chi connectivity index (χ1n) is 7.26. The number of rotatable bonds is 3. The Labute approximate surface area is 115 Å². The van der Waals surface area contributed by atoms with E-state index in [0.29, 0.717) is 18.1 Å². The molecule has 0 spiro atoms. The van der Waals surface area contributed by atoms with Gasteiger partial charge in [-0.25, -0.2) is 8.78 Å². The van der Waals surface area contributed by atoms with Gasteiger partial charge < -0.3 is 0 Å². The molecule has 0 heterocycles. The topological polar surface area (TPSA) is 17.1 Å². The summed E-state index contributed by atoms with van der Waals surface area (Å²) in [6.45, 7) is 10.1. The Morgan fingerprint density at radius 1 is 1.37 bits per heavy atom. The molecule has 3 heteroatoms. The number of hydrogen-bond donors (Lipinski definition) is 0. The molecule has 2 rings (SSSR count). The van der Waals surface area contributed by atoms with Crippen molar-refractivity contribution in [2.24, 2.45) is 23.2 Å². The molecule has 1 nitrogen and oxygen atoms in total. The maximum atomic E-state index is 12.5. The van der Waals surface area contributed by atoms with Crippen LogP contribution in [0.3, 0.4) is 0 Å². The van der Waals surface area contributed by atoms with Gasteiger partial charge in [-0.2, -0.15) is 0 Å². The fourth-order valence-corrected chi connectivity index (χ4v) is 4.35.